The largest absolute Gasteiger partial charge is 0.507 e. The number of phenolic OH excluding ortho intramolecular Hbond substituents is 1. The van der Waals surface area contributed by atoms with Gasteiger partial charge in [-0.3, -0.25) is 0 Å². The normalized spacial score (nSPS) is 15.4. The van der Waals surface area contributed by atoms with Crippen LogP contribution in [0, 0.1) is 0 Å². The minimum atomic E-state index is -0.503. The molecule has 2 N–H and O–H groups in total. The molecule has 1 aliphatic carbocycles. The topological polar surface area (TPSA) is 58.6 Å². The average Bonchev–Trinajstić information content (AvgIpc) is 2.46. The van der Waals surface area contributed by atoms with Gasteiger partial charge in [-0.25, -0.2) is 4.79 Å². The summed E-state index contributed by atoms with van der Waals surface area (Å²) < 4.78 is 4.65. The van der Waals surface area contributed by atoms with Crippen LogP contribution in [0.3, 0.4) is 0 Å². The fraction of sp³-hybridized carbons (Fsp3) is 0.533. The van der Waals surface area contributed by atoms with Crippen molar-refractivity contribution in [2.24, 2.45) is 0 Å². The minimum Gasteiger partial charge on any atom is -0.507 e. The van der Waals surface area contributed by atoms with Crippen molar-refractivity contribution < 1.29 is 14.6 Å². The van der Waals surface area contributed by atoms with Gasteiger partial charge in [0.2, 0.25) is 0 Å². The molecule has 1 aromatic carbocycles. The molecule has 0 spiro atoms. The van der Waals surface area contributed by atoms with Gasteiger partial charge in [-0.2, -0.15) is 0 Å². The third kappa shape index (κ3) is 4.39. The molecular formula is C15H22ClNO3. The standard InChI is InChI=1S/C15H21NO3.ClH/c1-19-15(18)13-9-11(7-8-14(13)17)10-16-12-5-3-2-4-6-12;/h7-9,12,16-17H,2-6,10H2,1H3;1H. The van der Waals surface area contributed by atoms with Crippen molar-refractivity contribution in [3.63, 3.8) is 0 Å². The fourth-order valence-corrected chi connectivity index (χ4v) is 2.54. The number of phenols is 1. The van der Waals surface area contributed by atoms with Gasteiger partial charge in [0.25, 0.3) is 0 Å². The summed E-state index contributed by atoms with van der Waals surface area (Å²) in [7, 11) is 1.31. The maximum atomic E-state index is 11.5. The van der Waals surface area contributed by atoms with E-state index < -0.39 is 5.97 Å². The molecule has 5 heteroatoms. The van der Waals surface area contributed by atoms with Crippen molar-refractivity contribution in [1.29, 1.82) is 0 Å². The summed E-state index contributed by atoms with van der Waals surface area (Å²) in [5, 5.41) is 13.1. The average molecular weight is 300 g/mol. The lowest BCUT2D eigenvalue weighted by Crippen LogP contribution is -2.30. The number of halogens is 1. The smallest absolute Gasteiger partial charge is 0.341 e. The van der Waals surface area contributed by atoms with E-state index in [2.05, 4.69) is 10.1 Å². The molecule has 0 aromatic heterocycles. The number of carbonyl (C=O) groups is 1. The van der Waals surface area contributed by atoms with Gasteiger partial charge < -0.3 is 15.2 Å². The van der Waals surface area contributed by atoms with E-state index in [9.17, 15) is 9.90 Å². The van der Waals surface area contributed by atoms with Crippen LogP contribution >= 0.6 is 12.4 Å². The molecule has 1 aromatic rings. The van der Waals surface area contributed by atoms with E-state index in [0.717, 1.165) is 12.1 Å². The number of ether oxygens (including phenoxy) is 1. The summed E-state index contributed by atoms with van der Waals surface area (Å²) in [6.45, 7) is 0.717. The van der Waals surface area contributed by atoms with Crippen LogP contribution in [0.4, 0.5) is 0 Å². The summed E-state index contributed by atoms with van der Waals surface area (Å²) >= 11 is 0. The Balaban J connectivity index is 0.00000200. The van der Waals surface area contributed by atoms with E-state index >= 15 is 0 Å². The maximum absolute atomic E-state index is 11.5. The first-order valence-electron chi connectivity index (χ1n) is 6.84. The fourth-order valence-electron chi connectivity index (χ4n) is 2.54. The number of esters is 1. The Morgan fingerprint density at radius 1 is 1.35 bits per heavy atom. The van der Waals surface area contributed by atoms with Gasteiger partial charge in [0, 0.05) is 12.6 Å². The summed E-state index contributed by atoms with van der Waals surface area (Å²) in [6, 6.07) is 5.64. The van der Waals surface area contributed by atoms with E-state index in [1.165, 1.54) is 39.2 Å². The lowest BCUT2D eigenvalue weighted by Gasteiger charge is -2.23. The second kappa shape index (κ2) is 8.12. The van der Waals surface area contributed by atoms with Crippen molar-refractivity contribution in [3.05, 3.63) is 29.3 Å². The van der Waals surface area contributed by atoms with E-state index in [1.54, 1.807) is 12.1 Å². The number of carbonyl (C=O) groups excluding carboxylic acids is 1. The molecule has 0 radical (unpaired) electrons. The number of hydrogen-bond acceptors (Lipinski definition) is 4. The Hall–Kier alpha value is -1.26. The molecule has 2 rings (SSSR count). The number of rotatable bonds is 4. The van der Waals surface area contributed by atoms with Crippen molar-refractivity contribution in [2.75, 3.05) is 7.11 Å². The molecule has 1 fully saturated rings. The quantitative estimate of drug-likeness (QED) is 0.839. The third-order valence-corrected chi connectivity index (χ3v) is 3.67. The zero-order chi connectivity index (χ0) is 13.7. The zero-order valence-corrected chi connectivity index (χ0v) is 12.5. The summed E-state index contributed by atoms with van der Waals surface area (Å²) in [4.78, 5) is 11.5. The van der Waals surface area contributed by atoms with Gasteiger partial charge in [-0.15, -0.1) is 12.4 Å². The Labute approximate surface area is 125 Å². The molecule has 1 saturated carbocycles. The Bertz CT molecular complexity index is 445. The molecule has 0 amide bonds. The molecule has 0 saturated heterocycles. The van der Waals surface area contributed by atoms with Gasteiger partial charge in [0.1, 0.15) is 11.3 Å². The molecule has 0 bridgehead atoms. The summed E-state index contributed by atoms with van der Waals surface area (Å²) in [6.07, 6.45) is 6.37. The lowest BCUT2D eigenvalue weighted by molar-refractivity contribution is 0.0597. The number of hydrogen-bond donors (Lipinski definition) is 2. The van der Waals surface area contributed by atoms with E-state index in [-0.39, 0.29) is 23.7 Å². The van der Waals surface area contributed by atoms with Gasteiger partial charge in [-0.1, -0.05) is 25.3 Å². The van der Waals surface area contributed by atoms with Gasteiger partial charge in [0.15, 0.2) is 0 Å². The second-order valence-electron chi connectivity index (χ2n) is 5.06. The van der Waals surface area contributed by atoms with Crippen molar-refractivity contribution in [1.82, 2.24) is 5.32 Å². The van der Waals surface area contributed by atoms with Crippen LogP contribution in [0.2, 0.25) is 0 Å². The third-order valence-electron chi connectivity index (χ3n) is 3.67. The highest BCUT2D eigenvalue weighted by Gasteiger charge is 2.14. The maximum Gasteiger partial charge on any atom is 0.341 e. The zero-order valence-electron chi connectivity index (χ0n) is 11.7. The van der Waals surface area contributed by atoms with Crippen LogP contribution in [0.1, 0.15) is 48.0 Å². The molecular weight excluding hydrogens is 278 g/mol. The highest BCUT2D eigenvalue weighted by molar-refractivity contribution is 5.92. The first-order chi connectivity index (χ1) is 9.20. The second-order valence-corrected chi connectivity index (χ2v) is 5.06. The van der Waals surface area contributed by atoms with E-state index in [4.69, 9.17) is 0 Å². The molecule has 0 atom stereocenters. The SMILES string of the molecule is COC(=O)c1cc(CNC2CCCCC2)ccc1O.Cl. The van der Waals surface area contributed by atoms with Crippen LogP contribution in [0.5, 0.6) is 5.75 Å². The molecule has 4 nitrogen and oxygen atoms in total. The Morgan fingerprint density at radius 3 is 2.70 bits per heavy atom. The monoisotopic (exact) mass is 299 g/mol. The van der Waals surface area contributed by atoms with Crippen LogP contribution in [-0.4, -0.2) is 24.2 Å². The van der Waals surface area contributed by atoms with E-state index in [0.29, 0.717) is 6.04 Å². The van der Waals surface area contributed by atoms with Crippen LogP contribution < -0.4 is 5.32 Å². The van der Waals surface area contributed by atoms with Gasteiger partial charge in [0.05, 0.1) is 7.11 Å². The van der Waals surface area contributed by atoms with Crippen LogP contribution in [0.25, 0.3) is 0 Å². The number of methoxy groups -OCH3 is 1. The van der Waals surface area contributed by atoms with E-state index in [1.807, 2.05) is 6.07 Å². The summed E-state index contributed by atoms with van der Waals surface area (Å²) in [5.74, 6) is -0.537. The molecule has 0 heterocycles. The van der Waals surface area contributed by atoms with Crippen LogP contribution in [-0.2, 0) is 11.3 Å². The Morgan fingerprint density at radius 2 is 2.05 bits per heavy atom. The van der Waals surface area contributed by atoms with Crippen LogP contribution in [0.15, 0.2) is 18.2 Å². The predicted molar refractivity (Wildman–Crippen MR) is 80.4 cm³/mol. The Kier molecular flexibility index (Phi) is 6.82. The molecule has 112 valence electrons. The lowest BCUT2D eigenvalue weighted by atomic mass is 9.95. The molecule has 0 unspecified atom stereocenters. The predicted octanol–water partition coefficient (Wildman–Crippen LogP) is 3.02. The first kappa shape index (κ1) is 16.8. The van der Waals surface area contributed by atoms with Crippen molar-refractivity contribution in [3.8, 4) is 5.75 Å². The number of aromatic hydroxyl groups is 1. The van der Waals surface area contributed by atoms with Gasteiger partial charge in [-0.05, 0) is 30.5 Å². The highest BCUT2D eigenvalue weighted by Crippen LogP contribution is 2.21. The van der Waals surface area contributed by atoms with Crippen molar-refractivity contribution in [2.45, 2.75) is 44.7 Å². The number of benzene rings is 1. The molecule has 20 heavy (non-hydrogen) atoms. The number of nitrogens with one attached hydrogen (secondary N) is 1. The highest BCUT2D eigenvalue weighted by atomic mass is 35.5. The summed E-state index contributed by atoms with van der Waals surface area (Å²) in [5.41, 5.74) is 1.22. The molecule has 0 aliphatic heterocycles. The molecule has 1 aliphatic rings. The van der Waals surface area contributed by atoms with Crippen molar-refractivity contribution >= 4 is 18.4 Å². The minimum absolute atomic E-state index is 0. The first-order valence-corrected chi connectivity index (χ1v) is 6.84. The van der Waals surface area contributed by atoms with Gasteiger partial charge >= 0.3 is 5.97 Å².